The fourth-order valence-corrected chi connectivity index (χ4v) is 2.42. The summed E-state index contributed by atoms with van der Waals surface area (Å²) in [5.74, 6) is 0.834. The van der Waals surface area contributed by atoms with Crippen LogP contribution in [0.1, 0.15) is 12.5 Å². The number of hydrogen-bond acceptors (Lipinski definition) is 4. The number of para-hydroxylation sites is 1. The Morgan fingerprint density at radius 1 is 1.50 bits per heavy atom. The zero-order valence-corrected chi connectivity index (χ0v) is 12.0. The molecule has 1 aromatic rings. The van der Waals surface area contributed by atoms with Crippen LogP contribution in [0.15, 0.2) is 24.3 Å². The average molecular weight is 278 g/mol. The number of hydrogen-bond donors (Lipinski definition) is 1. The smallest absolute Gasteiger partial charge is 0.227 e. The lowest BCUT2D eigenvalue weighted by Crippen LogP contribution is -2.53. The number of methoxy groups -OCH3 is 1. The first-order chi connectivity index (χ1) is 9.65. The number of carbonyl (C=O) groups excluding carboxylic acids is 1. The van der Waals surface area contributed by atoms with Crippen LogP contribution in [-0.4, -0.2) is 49.8 Å². The number of amides is 1. The largest absolute Gasteiger partial charge is 0.496 e. The maximum Gasteiger partial charge on any atom is 0.227 e. The van der Waals surface area contributed by atoms with Crippen molar-refractivity contribution in [3.63, 3.8) is 0 Å². The summed E-state index contributed by atoms with van der Waals surface area (Å²) in [6, 6.07) is 7.68. The van der Waals surface area contributed by atoms with E-state index in [0.29, 0.717) is 26.1 Å². The van der Waals surface area contributed by atoms with Gasteiger partial charge in [-0.25, -0.2) is 0 Å². The van der Waals surface area contributed by atoms with E-state index in [9.17, 15) is 4.79 Å². The van der Waals surface area contributed by atoms with Crippen LogP contribution < -0.4 is 10.5 Å². The lowest BCUT2D eigenvalue weighted by atomic mass is 10.1. The Labute approximate surface area is 119 Å². The van der Waals surface area contributed by atoms with E-state index in [0.717, 1.165) is 11.3 Å². The normalized spacial score (nSPS) is 22.6. The Hall–Kier alpha value is -1.59. The summed E-state index contributed by atoms with van der Waals surface area (Å²) in [6.45, 7) is 3.53. The highest BCUT2D eigenvalue weighted by atomic mass is 16.5. The molecule has 1 aliphatic heterocycles. The molecular formula is C15H22N2O3. The third-order valence-electron chi connectivity index (χ3n) is 3.62. The monoisotopic (exact) mass is 278 g/mol. The molecule has 0 aliphatic carbocycles. The minimum atomic E-state index is -0.0622. The lowest BCUT2D eigenvalue weighted by Gasteiger charge is -2.37. The molecule has 20 heavy (non-hydrogen) atoms. The third kappa shape index (κ3) is 3.29. The molecule has 0 spiro atoms. The van der Waals surface area contributed by atoms with Crippen molar-refractivity contribution in [2.24, 2.45) is 5.73 Å². The molecule has 0 saturated carbocycles. The van der Waals surface area contributed by atoms with Gasteiger partial charge in [-0.1, -0.05) is 18.2 Å². The van der Waals surface area contributed by atoms with E-state index in [1.807, 2.05) is 36.1 Å². The van der Waals surface area contributed by atoms with Gasteiger partial charge in [-0.15, -0.1) is 0 Å². The van der Waals surface area contributed by atoms with Crippen LogP contribution >= 0.6 is 0 Å². The van der Waals surface area contributed by atoms with Crippen LogP contribution in [0.2, 0.25) is 0 Å². The van der Waals surface area contributed by atoms with Crippen LogP contribution in [0.3, 0.4) is 0 Å². The summed E-state index contributed by atoms with van der Waals surface area (Å²) in [5, 5.41) is 0. The Bertz CT molecular complexity index is 464. The highest BCUT2D eigenvalue weighted by Gasteiger charge is 2.29. The third-order valence-corrected chi connectivity index (χ3v) is 3.62. The Morgan fingerprint density at radius 2 is 2.25 bits per heavy atom. The van der Waals surface area contributed by atoms with E-state index in [4.69, 9.17) is 15.2 Å². The van der Waals surface area contributed by atoms with Gasteiger partial charge in [0.2, 0.25) is 5.91 Å². The van der Waals surface area contributed by atoms with Crippen molar-refractivity contribution in [1.82, 2.24) is 4.90 Å². The second-order valence-electron chi connectivity index (χ2n) is 5.07. The van der Waals surface area contributed by atoms with Gasteiger partial charge >= 0.3 is 0 Å². The van der Waals surface area contributed by atoms with E-state index < -0.39 is 0 Å². The molecule has 1 aromatic carbocycles. The van der Waals surface area contributed by atoms with E-state index in [1.54, 1.807) is 7.11 Å². The first-order valence-electron chi connectivity index (χ1n) is 6.88. The zero-order valence-electron chi connectivity index (χ0n) is 12.0. The number of rotatable bonds is 4. The van der Waals surface area contributed by atoms with E-state index in [-0.39, 0.29) is 18.1 Å². The topological polar surface area (TPSA) is 64.8 Å². The van der Waals surface area contributed by atoms with Gasteiger partial charge in [0, 0.05) is 18.7 Å². The molecule has 1 aliphatic rings. The Kier molecular flexibility index (Phi) is 4.98. The molecular weight excluding hydrogens is 256 g/mol. The molecule has 110 valence electrons. The highest BCUT2D eigenvalue weighted by Crippen LogP contribution is 2.20. The van der Waals surface area contributed by atoms with Crippen molar-refractivity contribution in [2.75, 3.05) is 26.8 Å². The maximum atomic E-state index is 12.5. The molecule has 5 heteroatoms. The number of benzene rings is 1. The van der Waals surface area contributed by atoms with Gasteiger partial charge in [0.05, 0.1) is 32.3 Å². The summed E-state index contributed by atoms with van der Waals surface area (Å²) in [6.07, 6.45) is 0.277. The summed E-state index contributed by atoms with van der Waals surface area (Å²) in [5.41, 5.74) is 6.53. The van der Waals surface area contributed by atoms with E-state index in [2.05, 4.69) is 0 Å². The molecule has 1 fully saturated rings. The van der Waals surface area contributed by atoms with Crippen LogP contribution in [0, 0.1) is 0 Å². The van der Waals surface area contributed by atoms with Gasteiger partial charge in [-0.2, -0.15) is 0 Å². The van der Waals surface area contributed by atoms with Crippen LogP contribution in [0.5, 0.6) is 5.75 Å². The summed E-state index contributed by atoms with van der Waals surface area (Å²) < 4.78 is 10.9. The molecule has 2 N–H and O–H groups in total. The SMILES string of the molecule is COc1ccccc1CC(=O)N1CC(CN)OCC1C. The predicted octanol–water partition coefficient (Wildman–Crippen LogP) is 0.812. The second kappa shape index (κ2) is 6.72. The summed E-state index contributed by atoms with van der Waals surface area (Å²) in [4.78, 5) is 14.3. The quantitative estimate of drug-likeness (QED) is 0.885. The van der Waals surface area contributed by atoms with Gasteiger partial charge in [-0.3, -0.25) is 4.79 Å². The average Bonchev–Trinajstić information content (AvgIpc) is 2.48. The lowest BCUT2D eigenvalue weighted by molar-refractivity contribution is -0.142. The Morgan fingerprint density at radius 3 is 2.95 bits per heavy atom. The van der Waals surface area contributed by atoms with Crippen molar-refractivity contribution in [3.8, 4) is 5.75 Å². The molecule has 1 heterocycles. The molecule has 2 rings (SSSR count). The fourth-order valence-electron chi connectivity index (χ4n) is 2.42. The van der Waals surface area contributed by atoms with Crippen molar-refractivity contribution in [3.05, 3.63) is 29.8 Å². The summed E-state index contributed by atoms with van der Waals surface area (Å²) >= 11 is 0. The first kappa shape index (κ1) is 14.8. The van der Waals surface area contributed by atoms with Gasteiger partial charge < -0.3 is 20.1 Å². The second-order valence-corrected chi connectivity index (χ2v) is 5.07. The van der Waals surface area contributed by atoms with Gasteiger partial charge in [0.15, 0.2) is 0 Å². The molecule has 1 amide bonds. The number of ether oxygens (including phenoxy) is 2. The zero-order chi connectivity index (χ0) is 14.5. The molecule has 0 aromatic heterocycles. The number of nitrogens with two attached hydrogens (primary N) is 1. The van der Waals surface area contributed by atoms with E-state index >= 15 is 0 Å². The molecule has 0 bridgehead atoms. The highest BCUT2D eigenvalue weighted by molar-refractivity contribution is 5.80. The first-order valence-corrected chi connectivity index (χ1v) is 6.88. The molecule has 5 nitrogen and oxygen atoms in total. The Balaban J connectivity index is 2.06. The number of carbonyl (C=O) groups is 1. The molecule has 0 radical (unpaired) electrons. The van der Waals surface area contributed by atoms with Crippen molar-refractivity contribution >= 4 is 5.91 Å². The van der Waals surface area contributed by atoms with Crippen molar-refractivity contribution in [2.45, 2.75) is 25.5 Å². The minimum absolute atomic E-state index is 0.0622. The minimum Gasteiger partial charge on any atom is -0.496 e. The van der Waals surface area contributed by atoms with Gasteiger partial charge in [0.1, 0.15) is 5.75 Å². The van der Waals surface area contributed by atoms with Crippen LogP contribution in [-0.2, 0) is 16.0 Å². The standard InChI is InChI=1S/C15H22N2O3/c1-11-10-20-13(8-16)9-17(11)15(18)7-12-5-3-4-6-14(12)19-2/h3-6,11,13H,7-10,16H2,1-2H3. The van der Waals surface area contributed by atoms with Crippen LogP contribution in [0.4, 0.5) is 0 Å². The number of nitrogens with zero attached hydrogens (tertiary/aromatic N) is 1. The maximum absolute atomic E-state index is 12.5. The van der Waals surface area contributed by atoms with Gasteiger partial charge in [0.25, 0.3) is 0 Å². The predicted molar refractivity (Wildman–Crippen MR) is 76.7 cm³/mol. The molecule has 2 unspecified atom stereocenters. The van der Waals surface area contributed by atoms with Crippen molar-refractivity contribution < 1.29 is 14.3 Å². The van der Waals surface area contributed by atoms with E-state index in [1.165, 1.54) is 0 Å². The number of morpholine rings is 1. The molecule has 1 saturated heterocycles. The molecule has 2 atom stereocenters. The summed E-state index contributed by atoms with van der Waals surface area (Å²) in [7, 11) is 1.62. The van der Waals surface area contributed by atoms with Crippen LogP contribution in [0.25, 0.3) is 0 Å². The van der Waals surface area contributed by atoms with Gasteiger partial charge in [-0.05, 0) is 13.0 Å². The fraction of sp³-hybridized carbons (Fsp3) is 0.533. The van der Waals surface area contributed by atoms with Crippen molar-refractivity contribution in [1.29, 1.82) is 0 Å².